The molecular weight excluding hydrogens is 198 g/mol. The highest BCUT2D eigenvalue weighted by Crippen LogP contribution is 2.05. The number of aromatic nitrogens is 3. The van der Waals surface area contributed by atoms with Crippen LogP contribution in [-0.2, 0) is 4.79 Å². The Balaban J connectivity index is 2.76. The molecule has 13 heavy (non-hydrogen) atoms. The van der Waals surface area contributed by atoms with Gasteiger partial charge < -0.3 is 16.2 Å². The number of hydrogen-bond donors (Lipinski definition) is 3. The van der Waals surface area contributed by atoms with Gasteiger partial charge in [-0.05, 0) is 11.6 Å². The molecule has 1 aromatic rings. The molecule has 0 saturated carbocycles. The van der Waals surface area contributed by atoms with E-state index < -0.39 is 5.97 Å². The van der Waals surface area contributed by atoms with E-state index in [1.165, 1.54) is 0 Å². The fraction of sp³-hybridized carbons (Fsp3) is 0.200. The van der Waals surface area contributed by atoms with Crippen molar-refractivity contribution in [3.63, 3.8) is 0 Å². The van der Waals surface area contributed by atoms with E-state index in [0.717, 1.165) is 0 Å². The van der Waals surface area contributed by atoms with Crippen LogP contribution in [0.5, 0.6) is 0 Å². The van der Waals surface area contributed by atoms with E-state index >= 15 is 0 Å². The van der Waals surface area contributed by atoms with Crippen molar-refractivity contribution in [2.24, 2.45) is 0 Å². The summed E-state index contributed by atoms with van der Waals surface area (Å²) < 4.78 is 6.75. The monoisotopic (exact) mass is 204 g/mol. The molecule has 0 aliphatic carbocycles. The first kappa shape index (κ1) is 7.99. The lowest BCUT2D eigenvalue weighted by Gasteiger charge is -2.01. The lowest BCUT2D eigenvalue weighted by atomic mass is 10.6. The molecule has 8 heteroatoms. The number of carboxylic acids is 1. The molecule has 0 unspecified atom stereocenters. The van der Waals surface area contributed by atoms with Gasteiger partial charge in [-0.25, -0.2) is 0 Å². The third kappa shape index (κ3) is 3.08. The third-order valence-electron chi connectivity index (χ3n) is 1.01. The van der Waals surface area contributed by atoms with Gasteiger partial charge in [0.15, 0.2) is 1.41 Å². The maximum absolute atomic E-state index is 10.2. The summed E-state index contributed by atoms with van der Waals surface area (Å²) in [5, 5.41) is 10.6. The molecule has 0 aliphatic rings. The smallest absolute Gasteiger partial charge is 0.322 e. The number of aliphatic carboxylic acids is 1. The van der Waals surface area contributed by atoms with E-state index in [2.05, 4.69) is 20.3 Å². The minimum absolute atomic E-state index is 0.00199. The first-order valence-corrected chi connectivity index (χ1v) is 3.54. The van der Waals surface area contributed by atoms with Crippen LogP contribution in [0.3, 0.4) is 0 Å². The number of hydrogen-bond acceptors (Lipinski definition) is 6. The Kier molecular flexibility index (Phi) is 2.37. The van der Waals surface area contributed by atoms with Gasteiger partial charge in [0.05, 0.1) is 0 Å². The average molecular weight is 205 g/mol. The summed E-state index contributed by atoms with van der Waals surface area (Å²) in [6.45, 7) is -0.336. The second kappa shape index (κ2) is 3.85. The number of nitrogens with two attached hydrogens (primary N) is 1. The van der Waals surface area contributed by atoms with Crippen molar-refractivity contribution in [1.82, 2.24) is 15.0 Å². The number of rotatable bonds is 4. The number of nitrogens with one attached hydrogen (secondary N) is 1. The van der Waals surface area contributed by atoms with Crippen LogP contribution in [0, 0.1) is 0 Å². The zero-order chi connectivity index (χ0) is 10.6. The molecule has 0 aromatic carbocycles. The van der Waals surface area contributed by atoms with E-state index in [9.17, 15) is 4.79 Å². The highest BCUT2D eigenvalue weighted by atomic mass is 35.5. The zero-order valence-electron chi connectivity index (χ0n) is 7.28. The second-order valence-electron chi connectivity index (χ2n) is 2.00. The Hall–Kier alpha value is -1.63. The van der Waals surface area contributed by atoms with E-state index in [-0.39, 0.29) is 23.7 Å². The number of carboxylic acid groups (broad SMARTS) is 1. The van der Waals surface area contributed by atoms with Gasteiger partial charge in [-0.15, -0.1) is 0 Å². The Bertz CT molecular complexity index is 349. The third-order valence-corrected chi connectivity index (χ3v) is 1.17. The lowest BCUT2D eigenvalue weighted by molar-refractivity contribution is -0.134. The number of nitrogen functional groups attached to an aromatic ring is 1. The van der Waals surface area contributed by atoms with E-state index in [4.69, 9.17) is 18.1 Å². The Labute approximate surface area is 79.4 Å². The van der Waals surface area contributed by atoms with Crippen LogP contribution < -0.4 is 11.0 Å². The summed E-state index contributed by atoms with van der Waals surface area (Å²) in [6.07, 6.45) is 0. The maximum atomic E-state index is 10.2. The van der Waals surface area contributed by atoms with Gasteiger partial charge >= 0.3 is 5.97 Å². The molecule has 0 aliphatic heterocycles. The van der Waals surface area contributed by atoms with Gasteiger partial charge in [0.25, 0.3) is 0 Å². The standard InChI is InChI=1S/C5H6ClN5O2/c6-3-9-4(7)11-5(10-3)8-1-2(12)13/h1H2,(H,12,13)(H3,7,8,9,10,11)/i/hD. The maximum Gasteiger partial charge on any atom is 0.322 e. The normalized spacial score (nSPS) is 10.4. The quantitative estimate of drug-likeness (QED) is 0.612. The first-order valence-electron chi connectivity index (χ1n) is 3.67. The molecular formula is C5H6ClN5O2. The number of anilines is 2. The largest absolute Gasteiger partial charge is 0.480 e. The van der Waals surface area contributed by atoms with Crippen LogP contribution in [0.15, 0.2) is 0 Å². The van der Waals surface area contributed by atoms with E-state index in [1.807, 2.05) is 5.73 Å². The molecule has 0 amide bonds. The molecule has 0 saturated heterocycles. The molecule has 7 nitrogen and oxygen atoms in total. The SMILES string of the molecule is [2H]Nc1nc(Cl)nc(NCC(=O)O)n1. The predicted molar refractivity (Wildman–Crippen MR) is 45.4 cm³/mol. The first-order chi connectivity index (χ1) is 6.61. The number of carbonyl (C=O) groups is 1. The zero-order valence-corrected chi connectivity index (χ0v) is 7.04. The van der Waals surface area contributed by atoms with E-state index in [1.54, 1.807) is 0 Å². The molecule has 0 atom stereocenters. The molecule has 0 bridgehead atoms. The van der Waals surface area contributed by atoms with Crippen molar-refractivity contribution in [2.75, 3.05) is 17.6 Å². The second-order valence-corrected chi connectivity index (χ2v) is 2.34. The summed E-state index contributed by atoms with van der Waals surface area (Å²) in [5.74, 6) is -1.11. The Morgan fingerprint density at radius 1 is 1.69 bits per heavy atom. The van der Waals surface area contributed by atoms with Crippen molar-refractivity contribution in [1.29, 1.82) is 0 Å². The highest BCUT2D eigenvalue weighted by molar-refractivity contribution is 6.28. The topological polar surface area (TPSA) is 114 Å². The summed E-state index contributed by atoms with van der Waals surface area (Å²) in [4.78, 5) is 21.0. The molecule has 0 spiro atoms. The van der Waals surface area contributed by atoms with Crippen LogP contribution in [0.25, 0.3) is 0 Å². The average Bonchev–Trinajstić information content (AvgIpc) is 2.14. The summed E-state index contributed by atoms with van der Waals surface area (Å²) >= 11 is 5.47. The fourth-order valence-corrected chi connectivity index (χ4v) is 0.744. The van der Waals surface area contributed by atoms with E-state index in [0.29, 0.717) is 0 Å². The van der Waals surface area contributed by atoms with Crippen LogP contribution >= 0.6 is 11.6 Å². The van der Waals surface area contributed by atoms with Crippen molar-refractivity contribution in [3.05, 3.63) is 5.28 Å². The molecule has 4 N–H and O–H groups in total. The predicted octanol–water partition coefficient (Wildman–Crippen LogP) is -0.396. The van der Waals surface area contributed by atoms with Crippen molar-refractivity contribution in [2.45, 2.75) is 0 Å². The molecule has 0 radical (unpaired) electrons. The van der Waals surface area contributed by atoms with Gasteiger partial charge in [-0.1, -0.05) is 0 Å². The van der Waals surface area contributed by atoms with Crippen molar-refractivity contribution >= 4 is 29.5 Å². The molecule has 1 rings (SSSR count). The van der Waals surface area contributed by atoms with Crippen LogP contribution in [0.1, 0.15) is 0 Å². The molecule has 70 valence electrons. The minimum Gasteiger partial charge on any atom is -0.480 e. The molecule has 1 heterocycles. The van der Waals surface area contributed by atoms with Crippen LogP contribution in [0.2, 0.25) is 6.70 Å². The lowest BCUT2D eigenvalue weighted by Crippen LogP contribution is -2.15. The minimum atomic E-state index is -1.05. The van der Waals surface area contributed by atoms with Gasteiger partial charge in [0.1, 0.15) is 6.54 Å². The summed E-state index contributed by atoms with van der Waals surface area (Å²) in [5.41, 5.74) is 1.91. The highest BCUT2D eigenvalue weighted by Gasteiger charge is 2.03. The molecule has 1 aromatic heterocycles. The Morgan fingerprint density at radius 3 is 3.08 bits per heavy atom. The Morgan fingerprint density at radius 2 is 2.46 bits per heavy atom. The van der Waals surface area contributed by atoms with Crippen molar-refractivity contribution < 1.29 is 11.3 Å². The number of nitrogens with zero attached hydrogens (tertiary/aromatic N) is 3. The van der Waals surface area contributed by atoms with Crippen LogP contribution in [0.4, 0.5) is 11.9 Å². The summed E-state index contributed by atoms with van der Waals surface area (Å²) in [6, 6.07) is 0. The van der Waals surface area contributed by atoms with Gasteiger partial charge in [0, 0.05) is 0 Å². The summed E-state index contributed by atoms with van der Waals surface area (Å²) in [7, 11) is 0. The van der Waals surface area contributed by atoms with Gasteiger partial charge in [-0.3, -0.25) is 4.79 Å². The van der Waals surface area contributed by atoms with Crippen LogP contribution in [-0.4, -0.2) is 32.6 Å². The fourth-order valence-electron chi connectivity index (χ4n) is 0.584. The molecule has 0 fully saturated rings. The number of halogens is 1. The van der Waals surface area contributed by atoms with Crippen molar-refractivity contribution in [3.8, 4) is 0 Å². The van der Waals surface area contributed by atoms with Gasteiger partial charge in [0.2, 0.25) is 17.2 Å². The van der Waals surface area contributed by atoms with Gasteiger partial charge in [-0.2, -0.15) is 15.0 Å².